The van der Waals surface area contributed by atoms with Gasteiger partial charge in [-0.2, -0.15) is 0 Å². The van der Waals surface area contributed by atoms with Crippen LogP contribution in [0.25, 0.3) is 10.8 Å². The van der Waals surface area contributed by atoms with E-state index in [0.29, 0.717) is 5.56 Å². The van der Waals surface area contributed by atoms with Gasteiger partial charge in [-0.3, -0.25) is 0 Å². The first-order valence-corrected chi connectivity index (χ1v) is 4.00. The number of aromatic carboxylic acids is 1. The molecule has 0 fully saturated rings. The number of carbonyl (C=O) groups is 1. The molecule has 0 aliphatic carbocycles. The van der Waals surface area contributed by atoms with Crippen LogP contribution in [0, 0.1) is 0 Å². The number of hydrogen-bond acceptors (Lipinski definition) is 1. The average molecular weight is 188 g/mol. The second-order valence-corrected chi connectivity index (χ2v) is 2.83. The Labute approximate surface area is 112 Å². The van der Waals surface area contributed by atoms with E-state index in [0.717, 1.165) is 10.8 Å². The van der Waals surface area contributed by atoms with Gasteiger partial charge in [-0.25, -0.2) is 4.79 Å². The van der Waals surface area contributed by atoms with Crippen molar-refractivity contribution in [1.29, 1.82) is 0 Å². The van der Waals surface area contributed by atoms with E-state index < -0.39 is 5.97 Å². The molecule has 0 aliphatic heterocycles. The number of fused-ring (bicyclic) bond motifs is 1. The Balaban J connectivity index is 0.000000980. The molecule has 0 aliphatic rings. The molecule has 0 saturated heterocycles. The van der Waals surface area contributed by atoms with Crippen LogP contribution in [0.1, 0.15) is 10.4 Å². The molecule has 0 radical (unpaired) electrons. The molecule has 0 bridgehead atoms. The van der Waals surface area contributed by atoms with Crippen LogP contribution in [-0.2, 0) is 0 Å². The van der Waals surface area contributed by atoms with Crippen molar-refractivity contribution in [2.24, 2.45) is 0 Å². The molecule has 15 heavy (non-hydrogen) atoms. The van der Waals surface area contributed by atoms with Crippen LogP contribution in [0.3, 0.4) is 0 Å². The molecule has 2 nitrogen and oxygen atoms in total. The molecule has 4 heteroatoms. The van der Waals surface area contributed by atoms with Gasteiger partial charge in [0.15, 0.2) is 0 Å². The minimum absolute atomic E-state index is 0. The number of benzene rings is 2. The van der Waals surface area contributed by atoms with E-state index in [9.17, 15) is 4.79 Å². The van der Waals surface area contributed by atoms with Crippen molar-refractivity contribution in [1.82, 2.24) is 0 Å². The Hall–Kier alpha value is -0.635. The van der Waals surface area contributed by atoms with Crippen LogP contribution in [-0.4, -0.2) is 48.8 Å². The van der Waals surface area contributed by atoms with Gasteiger partial charge in [0.05, 0.1) is 5.56 Å². The topological polar surface area (TPSA) is 37.3 Å². The summed E-state index contributed by atoms with van der Waals surface area (Å²) in [6, 6.07) is 12.7. The fourth-order valence-corrected chi connectivity index (χ4v) is 1.41. The van der Waals surface area contributed by atoms with Crippen LogP contribution in [0.15, 0.2) is 42.5 Å². The van der Waals surface area contributed by atoms with Gasteiger partial charge in [-0.15, -0.1) is 0 Å². The van der Waals surface area contributed by atoms with Crippen LogP contribution in [0.4, 0.5) is 0 Å². The summed E-state index contributed by atoms with van der Waals surface area (Å²) in [5, 5.41) is 10.6. The zero-order valence-electron chi connectivity index (χ0n) is 6.90. The van der Waals surface area contributed by atoms with Gasteiger partial charge >= 0.3 is 43.7 Å². The predicted molar refractivity (Wildman–Crippen MR) is 65.2 cm³/mol. The predicted octanol–water partition coefficient (Wildman–Crippen LogP) is 1.24. The number of hydrogen-bond donors (Lipinski definition) is 1. The van der Waals surface area contributed by atoms with Gasteiger partial charge in [-0.05, 0) is 16.8 Å². The third-order valence-electron chi connectivity index (χ3n) is 2.02. The summed E-state index contributed by atoms with van der Waals surface area (Å²) in [6.45, 7) is 0. The van der Waals surface area contributed by atoms with E-state index in [1.807, 2.05) is 30.3 Å². The molecule has 0 unspecified atom stereocenters. The molecule has 0 amide bonds. The fraction of sp³-hybridized carbons (Fsp3) is 0. The normalized spacial score (nSPS) is 8.80. The van der Waals surface area contributed by atoms with Gasteiger partial charge in [0.2, 0.25) is 0 Å². The molecule has 2 rings (SSSR count). The molecule has 2 aromatic carbocycles. The van der Waals surface area contributed by atoms with Crippen molar-refractivity contribution in [3.8, 4) is 0 Å². The number of rotatable bonds is 1. The summed E-state index contributed by atoms with van der Waals surface area (Å²) < 4.78 is 0. The first-order chi connectivity index (χ1) is 6.29. The summed E-state index contributed by atoms with van der Waals surface area (Å²) in [7, 11) is 0. The van der Waals surface area contributed by atoms with E-state index >= 15 is 0 Å². The van der Waals surface area contributed by atoms with Gasteiger partial charge in [0.1, 0.15) is 0 Å². The third-order valence-corrected chi connectivity index (χ3v) is 2.02. The fourth-order valence-electron chi connectivity index (χ4n) is 1.41. The van der Waals surface area contributed by atoms with Crippen molar-refractivity contribution in [3.63, 3.8) is 0 Å². The Kier molecular flexibility index (Phi) is 5.80. The Morgan fingerprint density at radius 2 is 1.53 bits per heavy atom. The molecule has 68 valence electrons. The molecule has 0 aromatic heterocycles. The Morgan fingerprint density at radius 3 is 2.20 bits per heavy atom. The first kappa shape index (κ1) is 14.4. The molecule has 0 saturated carbocycles. The monoisotopic (exact) mass is 188 g/mol. The van der Waals surface area contributed by atoms with Gasteiger partial charge in [0, 0.05) is 0 Å². The maximum absolute atomic E-state index is 10.8. The standard InChI is InChI=1S/C11H8O2.2Li.2H/c12-11(13)10-7-3-5-8-4-1-2-6-9(8)10;;;;/h1-7H,(H,12,13);;;;. The van der Waals surface area contributed by atoms with Crippen LogP contribution in [0.5, 0.6) is 0 Å². The van der Waals surface area contributed by atoms with Gasteiger partial charge < -0.3 is 5.11 Å². The molecule has 2 aromatic rings. The summed E-state index contributed by atoms with van der Waals surface area (Å²) in [4.78, 5) is 10.8. The van der Waals surface area contributed by atoms with Crippen molar-refractivity contribution < 1.29 is 9.90 Å². The van der Waals surface area contributed by atoms with Gasteiger partial charge in [0.25, 0.3) is 0 Å². The minimum atomic E-state index is -0.878. The molecule has 1 N–H and O–H groups in total. The second-order valence-electron chi connectivity index (χ2n) is 2.83. The number of carboxylic acids is 1. The molecule has 0 heterocycles. The van der Waals surface area contributed by atoms with Crippen molar-refractivity contribution in [2.75, 3.05) is 0 Å². The SMILES string of the molecule is O=C(O)c1cccc2ccccc12.[LiH].[LiH]. The van der Waals surface area contributed by atoms with E-state index in [4.69, 9.17) is 5.11 Å². The summed E-state index contributed by atoms with van der Waals surface area (Å²) in [5.74, 6) is -0.878. The van der Waals surface area contributed by atoms with Crippen LogP contribution < -0.4 is 0 Å². The number of carboxylic acid groups (broad SMARTS) is 1. The van der Waals surface area contributed by atoms with Crippen molar-refractivity contribution >= 4 is 54.5 Å². The van der Waals surface area contributed by atoms with Gasteiger partial charge in [-0.1, -0.05) is 36.4 Å². The third kappa shape index (κ3) is 2.91. The Morgan fingerprint density at radius 1 is 0.933 bits per heavy atom. The van der Waals surface area contributed by atoms with E-state index in [1.54, 1.807) is 12.1 Å². The summed E-state index contributed by atoms with van der Waals surface area (Å²) in [5.41, 5.74) is 0.359. The van der Waals surface area contributed by atoms with E-state index in [-0.39, 0.29) is 37.7 Å². The van der Waals surface area contributed by atoms with Crippen LogP contribution >= 0.6 is 0 Å². The molecule has 0 spiro atoms. The van der Waals surface area contributed by atoms with Crippen LogP contribution in [0.2, 0.25) is 0 Å². The first-order valence-electron chi connectivity index (χ1n) is 4.00. The average Bonchev–Trinajstić information content (AvgIpc) is 2.17. The van der Waals surface area contributed by atoms with E-state index in [2.05, 4.69) is 0 Å². The quantitative estimate of drug-likeness (QED) is 0.683. The second kappa shape index (κ2) is 6.06. The Bertz CT molecular complexity index is 464. The van der Waals surface area contributed by atoms with Crippen molar-refractivity contribution in [3.05, 3.63) is 48.0 Å². The van der Waals surface area contributed by atoms with Crippen molar-refractivity contribution in [2.45, 2.75) is 0 Å². The molecular weight excluding hydrogens is 178 g/mol. The maximum atomic E-state index is 10.8. The zero-order valence-corrected chi connectivity index (χ0v) is 6.90. The summed E-state index contributed by atoms with van der Waals surface area (Å²) >= 11 is 0. The summed E-state index contributed by atoms with van der Waals surface area (Å²) in [6.07, 6.45) is 0. The zero-order chi connectivity index (χ0) is 9.26. The molecule has 0 atom stereocenters. The van der Waals surface area contributed by atoms with E-state index in [1.165, 1.54) is 0 Å². The molecular formula is C11H10Li2O2.